The molecule has 1 aromatic heterocycles. The Balaban J connectivity index is 0.971. The Bertz CT molecular complexity index is 2180. The topological polar surface area (TPSA) is 89.9 Å². The number of aromatic nitrogens is 1. The average Bonchev–Trinajstić information content (AvgIpc) is 3.52. The van der Waals surface area contributed by atoms with Gasteiger partial charge in [-0.15, -0.1) is 0 Å². The number of anilines is 1. The van der Waals surface area contributed by atoms with Crippen molar-refractivity contribution in [2.45, 2.75) is 102 Å². The molecule has 8 heteroatoms. The normalized spacial score (nSPS) is 22.7. The SMILES string of the molecule is C[C@@H](COc1ccnc2c1[C@H](C)CCC2)CC1Cc2ccc(OCCc3ccc(OCc4ccccc4)cc3)cc2C12CCC(Nc1cccc(Cl)c1)(C(=O)O)CC2. The first-order valence-corrected chi connectivity index (χ1v) is 21.5. The van der Waals surface area contributed by atoms with E-state index in [4.69, 9.17) is 25.8 Å². The number of aryl methyl sites for hydroxylation is 1. The highest BCUT2D eigenvalue weighted by Gasteiger charge is 2.54. The second-order valence-electron chi connectivity index (χ2n) is 17.0. The molecule has 3 aliphatic carbocycles. The third-order valence-corrected chi connectivity index (χ3v) is 13.3. The van der Waals surface area contributed by atoms with Gasteiger partial charge in [0.25, 0.3) is 0 Å². The maximum Gasteiger partial charge on any atom is 0.329 e. The van der Waals surface area contributed by atoms with Crippen LogP contribution in [0.4, 0.5) is 5.69 Å². The van der Waals surface area contributed by atoms with Gasteiger partial charge in [0.2, 0.25) is 0 Å². The number of rotatable bonds is 15. The van der Waals surface area contributed by atoms with E-state index in [1.165, 1.54) is 40.8 Å². The van der Waals surface area contributed by atoms with Crippen LogP contribution in [0.1, 0.15) is 98.2 Å². The molecule has 4 aromatic carbocycles. The van der Waals surface area contributed by atoms with E-state index in [-0.39, 0.29) is 5.41 Å². The fourth-order valence-corrected chi connectivity index (χ4v) is 10.1. The van der Waals surface area contributed by atoms with Crippen LogP contribution >= 0.6 is 11.6 Å². The van der Waals surface area contributed by atoms with Gasteiger partial charge in [0.15, 0.2) is 0 Å². The first-order chi connectivity index (χ1) is 28.2. The smallest absolute Gasteiger partial charge is 0.329 e. The molecule has 1 unspecified atom stereocenters. The predicted molar refractivity (Wildman–Crippen MR) is 231 cm³/mol. The van der Waals surface area contributed by atoms with Crippen molar-refractivity contribution in [2.24, 2.45) is 11.8 Å². The number of carbonyl (C=O) groups is 1. The molecule has 1 fully saturated rings. The molecule has 0 amide bonds. The maximum absolute atomic E-state index is 13.1. The van der Waals surface area contributed by atoms with E-state index in [0.717, 1.165) is 67.0 Å². The lowest BCUT2D eigenvalue weighted by Gasteiger charge is -2.47. The van der Waals surface area contributed by atoms with Gasteiger partial charge < -0.3 is 24.6 Å². The molecule has 3 aliphatic rings. The third kappa shape index (κ3) is 8.70. The van der Waals surface area contributed by atoms with E-state index < -0.39 is 11.5 Å². The van der Waals surface area contributed by atoms with Gasteiger partial charge in [0.1, 0.15) is 29.4 Å². The number of hydrogen-bond donors (Lipinski definition) is 2. The Morgan fingerprint density at radius 2 is 1.69 bits per heavy atom. The molecule has 8 rings (SSSR count). The molecular formula is C50H55ClN2O5. The van der Waals surface area contributed by atoms with Gasteiger partial charge in [0.05, 0.1) is 13.2 Å². The number of ether oxygens (including phenoxy) is 3. The average molecular weight is 799 g/mol. The number of nitrogens with zero attached hydrogens (tertiary/aromatic N) is 1. The predicted octanol–water partition coefficient (Wildman–Crippen LogP) is 11.4. The summed E-state index contributed by atoms with van der Waals surface area (Å²) >= 11 is 6.32. The number of carboxylic acids is 1. The van der Waals surface area contributed by atoms with Crippen molar-refractivity contribution in [3.63, 3.8) is 0 Å². The van der Waals surface area contributed by atoms with E-state index in [2.05, 4.69) is 66.6 Å². The molecule has 1 saturated carbocycles. The molecule has 5 aromatic rings. The third-order valence-electron chi connectivity index (χ3n) is 13.1. The Labute approximate surface area is 348 Å². The van der Waals surface area contributed by atoms with Crippen LogP contribution < -0.4 is 19.5 Å². The molecule has 7 nitrogen and oxygen atoms in total. The molecule has 1 spiro atoms. The van der Waals surface area contributed by atoms with Crippen LogP contribution in [0.5, 0.6) is 17.2 Å². The Kier molecular flexibility index (Phi) is 12.0. The van der Waals surface area contributed by atoms with Crippen LogP contribution in [0, 0.1) is 11.8 Å². The van der Waals surface area contributed by atoms with Gasteiger partial charge in [-0.25, -0.2) is 4.79 Å². The number of fused-ring (bicyclic) bond motifs is 3. The lowest BCUT2D eigenvalue weighted by atomic mass is 9.59. The summed E-state index contributed by atoms with van der Waals surface area (Å²) in [5.74, 6) is 2.99. The molecule has 2 N–H and O–H groups in total. The summed E-state index contributed by atoms with van der Waals surface area (Å²) in [5.41, 5.74) is 6.95. The van der Waals surface area contributed by atoms with Gasteiger partial charge in [-0.2, -0.15) is 0 Å². The summed E-state index contributed by atoms with van der Waals surface area (Å²) in [7, 11) is 0. The summed E-state index contributed by atoms with van der Waals surface area (Å²) in [6.07, 6.45) is 10.5. The fourth-order valence-electron chi connectivity index (χ4n) is 9.95. The number of hydrogen-bond acceptors (Lipinski definition) is 6. The highest BCUT2D eigenvalue weighted by Crippen LogP contribution is 2.57. The minimum Gasteiger partial charge on any atom is -0.493 e. The summed E-state index contributed by atoms with van der Waals surface area (Å²) in [4.78, 5) is 17.8. The highest BCUT2D eigenvalue weighted by molar-refractivity contribution is 6.30. The monoisotopic (exact) mass is 798 g/mol. The first kappa shape index (κ1) is 39.8. The van der Waals surface area contributed by atoms with Crippen molar-refractivity contribution in [2.75, 3.05) is 18.5 Å². The van der Waals surface area contributed by atoms with E-state index in [1.807, 2.05) is 66.9 Å². The molecular weight excluding hydrogens is 744 g/mol. The summed E-state index contributed by atoms with van der Waals surface area (Å²) in [6, 6.07) is 34.5. The van der Waals surface area contributed by atoms with Crippen molar-refractivity contribution >= 4 is 23.3 Å². The standard InChI is InChI=1S/C50H55ClN2O5/c1-34(32-58-46-20-26-52-45-13-6-8-35(2)47(45)46)28-39-29-38-16-19-43(56-27-21-36-14-17-42(18-15-36)57-33-37-9-4-3-5-10-37)31-44(38)49(39)22-24-50(25-23-49,48(54)55)53-41-12-7-11-40(51)30-41/h3-5,7,9-12,14-20,26,30-31,34-35,39,53H,6,8,13,21-25,27-29,32-33H2,1-2H3,(H,54,55)/t34-,35-,39?,49?,50?/m1/s1. The number of carboxylic acid groups (broad SMARTS) is 1. The van der Waals surface area contributed by atoms with Crippen molar-refractivity contribution < 1.29 is 24.1 Å². The van der Waals surface area contributed by atoms with Crippen LogP contribution in [0.3, 0.4) is 0 Å². The molecule has 58 heavy (non-hydrogen) atoms. The number of benzene rings is 4. The molecule has 1 heterocycles. The highest BCUT2D eigenvalue weighted by atomic mass is 35.5. The lowest BCUT2D eigenvalue weighted by molar-refractivity contribution is -0.144. The molecule has 0 bridgehead atoms. The zero-order valence-electron chi connectivity index (χ0n) is 33.7. The molecule has 3 atom stereocenters. The van der Waals surface area contributed by atoms with E-state index >= 15 is 0 Å². The van der Waals surface area contributed by atoms with Gasteiger partial charge in [-0.05, 0) is 152 Å². The quantitative estimate of drug-likeness (QED) is 0.109. The van der Waals surface area contributed by atoms with Crippen LogP contribution in [0.25, 0.3) is 0 Å². The van der Waals surface area contributed by atoms with Gasteiger partial charge in [-0.3, -0.25) is 4.98 Å². The lowest BCUT2D eigenvalue weighted by Crippen LogP contribution is -2.53. The molecule has 302 valence electrons. The van der Waals surface area contributed by atoms with E-state index in [0.29, 0.717) is 55.4 Å². The van der Waals surface area contributed by atoms with Crippen LogP contribution in [0.15, 0.2) is 109 Å². The molecule has 0 aliphatic heterocycles. The second kappa shape index (κ2) is 17.5. The number of halogens is 1. The Hall–Kier alpha value is -5.01. The van der Waals surface area contributed by atoms with Gasteiger partial charge in [-0.1, -0.05) is 80.0 Å². The Morgan fingerprint density at radius 1 is 0.897 bits per heavy atom. The van der Waals surface area contributed by atoms with E-state index in [9.17, 15) is 9.90 Å². The fraction of sp³-hybridized carbons (Fsp3) is 0.400. The summed E-state index contributed by atoms with van der Waals surface area (Å²) < 4.78 is 19.1. The van der Waals surface area contributed by atoms with Crippen LogP contribution in [-0.2, 0) is 36.1 Å². The summed E-state index contributed by atoms with van der Waals surface area (Å²) in [5, 5.41) is 14.7. The molecule has 0 saturated heterocycles. The van der Waals surface area contributed by atoms with Crippen molar-refractivity contribution in [1.29, 1.82) is 0 Å². The largest absolute Gasteiger partial charge is 0.493 e. The summed E-state index contributed by atoms with van der Waals surface area (Å²) in [6.45, 7) is 6.32. The van der Waals surface area contributed by atoms with Crippen molar-refractivity contribution in [3.8, 4) is 17.2 Å². The van der Waals surface area contributed by atoms with Crippen LogP contribution in [0.2, 0.25) is 5.02 Å². The van der Waals surface area contributed by atoms with Gasteiger partial charge in [0, 0.05) is 34.6 Å². The zero-order chi connectivity index (χ0) is 40.1. The molecule has 0 radical (unpaired) electrons. The van der Waals surface area contributed by atoms with Crippen molar-refractivity contribution in [1.82, 2.24) is 4.98 Å². The number of aliphatic carboxylic acids is 1. The van der Waals surface area contributed by atoms with E-state index in [1.54, 1.807) is 0 Å². The Morgan fingerprint density at radius 3 is 2.47 bits per heavy atom. The number of pyridine rings is 1. The van der Waals surface area contributed by atoms with Crippen LogP contribution in [-0.4, -0.2) is 34.8 Å². The van der Waals surface area contributed by atoms with Crippen molar-refractivity contribution in [3.05, 3.63) is 148 Å². The second-order valence-corrected chi connectivity index (χ2v) is 17.5. The first-order valence-electron chi connectivity index (χ1n) is 21.1. The number of nitrogens with one attached hydrogen (secondary N) is 1. The zero-order valence-corrected chi connectivity index (χ0v) is 34.5. The minimum atomic E-state index is -1.08. The minimum absolute atomic E-state index is 0.169. The van der Waals surface area contributed by atoms with Gasteiger partial charge >= 0.3 is 5.97 Å². The maximum atomic E-state index is 13.1.